The van der Waals surface area contributed by atoms with Gasteiger partial charge in [-0.3, -0.25) is 0 Å². The zero-order chi connectivity index (χ0) is 13.5. The van der Waals surface area contributed by atoms with E-state index in [2.05, 4.69) is 48.0 Å². The van der Waals surface area contributed by atoms with Crippen LogP contribution in [0.4, 0.5) is 0 Å². The van der Waals surface area contributed by atoms with E-state index in [1.807, 2.05) is 0 Å². The highest BCUT2D eigenvalue weighted by Crippen LogP contribution is 2.33. The summed E-state index contributed by atoms with van der Waals surface area (Å²) in [6.45, 7) is 0. The van der Waals surface area contributed by atoms with Crippen LogP contribution in [0.15, 0.2) is 36.4 Å². The molecular formula is C19H21N. The fourth-order valence-corrected chi connectivity index (χ4v) is 3.77. The molecule has 0 spiro atoms. The topological polar surface area (TPSA) is 4.93 Å². The Morgan fingerprint density at radius 1 is 1.05 bits per heavy atom. The van der Waals surface area contributed by atoms with E-state index >= 15 is 0 Å². The summed E-state index contributed by atoms with van der Waals surface area (Å²) in [5.41, 5.74) is 7.35. The number of hydrogen-bond donors (Lipinski definition) is 0. The van der Waals surface area contributed by atoms with E-state index < -0.39 is 0 Å². The number of aryl methyl sites for hydroxylation is 2. The van der Waals surface area contributed by atoms with Gasteiger partial charge in [0.05, 0.1) is 0 Å². The third kappa shape index (κ3) is 1.76. The van der Waals surface area contributed by atoms with Gasteiger partial charge < -0.3 is 4.57 Å². The van der Waals surface area contributed by atoms with Crippen molar-refractivity contribution in [3.63, 3.8) is 0 Å². The molecule has 0 saturated heterocycles. The standard InChI is InChI=1S/C19H21N/c1-20-18-10-6-5-9-16(18)17-13-15(11-12-19(17)20)14-7-3-2-4-8-14/h3,7-8,11-13H,2,4-6,9-10H2,1H3. The predicted octanol–water partition coefficient (Wildman–Crippen LogP) is 4.79. The summed E-state index contributed by atoms with van der Waals surface area (Å²) in [6.07, 6.45) is 14.5. The number of benzene rings is 1. The van der Waals surface area contributed by atoms with Gasteiger partial charge in [-0.25, -0.2) is 0 Å². The molecular weight excluding hydrogens is 242 g/mol. The quantitative estimate of drug-likeness (QED) is 0.697. The summed E-state index contributed by atoms with van der Waals surface area (Å²) >= 11 is 0. The van der Waals surface area contributed by atoms with E-state index in [9.17, 15) is 0 Å². The minimum atomic E-state index is 1.18. The Bertz CT molecular complexity index is 728. The molecule has 0 fully saturated rings. The molecule has 0 saturated carbocycles. The third-order valence-electron chi connectivity index (χ3n) is 4.85. The van der Waals surface area contributed by atoms with Crippen molar-refractivity contribution in [1.29, 1.82) is 0 Å². The Morgan fingerprint density at radius 3 is 2.80 bits per heavy atom. The number of fused-ring (bicyclic) bond motifs is 3. The highest BCUT2D eigenvalue weighted by atomic mass is 14.9. The van der Waals surface area contributed by atoms with Gasteiger partial charge in [-0.05, 0) is 67.4 Å². The van der Waals surface area contributed by atoms with E-state index in [0.29, 0.717) is 0 Å². The normalized spacial score (nSPS) is 18.1. The Labute approximate surface area is 120 Å². The average Bonchev–Trinajstić information content (AvgIpc) is 2.81. The van der Waals surface area contributed by atoms with Gasteiger partial charge in [0.25, 0.3) is 0 Å². The highest BCUT2D eigenvalue weighted by Gasteiger charge is 2.18. The molecule has 0 bridgehead atoms. The van der Waals surface area contributed by atoms with Crippen molar-refractivity contribution >= 4 is 16.5 Å². The van der Waals surface area contributed by atoms with Gasteiger partial charge in [0.1, 0.15) is 0 Å². The van der Waals surface area contributed by atoms with E-state index in [1.54, 1.807) is 11.3 Å². The van der Waals surface area contributed by atoms with Gasteiger partial charge in [0, 0.05) is 23.6 Å². The molecule has 2 aromatic rings. The van der Waals surface area contributed by atoms with Gasteiger partial charge in [-0.2, -0.15) is 0 Å². The lowest BCUT2D eigenvalue weighted by Gasteiger charge is -2.13. The monoisotopic (exact) mass is 263 g/mol. The third-order valence-corrected chi connectivity index (χ3v) is 4.85. The Hall–Kier alpha value is -1.76. The zero-order valence-corrected chi connectivity index (χ0v) is 12.2. The molecule has 0 amide bonds. The number of allylic oxidation sites excluding steroid dienone is 4. The highest BCUT2D eigenvalue weighted by molar-refractivity contribution is 5.90. The molecule has 1 aromatic carbocycles. The number of hydrogen-bond acceptors (Lipinski definition) is 0. The molecule has 0 unspecified atom stereocenters. The fraction of sp³-hybridized carbons (Fsp3) is 0.368. The van der Waals surface area contributed by atoms with Gasteiger partial charge >= 0.3 is 0 Å². The van der Waals surface area contributed by atoms with Gasteiger partial charge in [-0.15, -0.1) is 0 Å². The lowest BCUT2D eigenvalue weighted by atomic mass is 9.93. The first-order chi connectivity index (χ1) is 9.84. The molecule has 2 aliphatic rings. The molecule has 0 aliphatic heterocycles. The van der Waals surface area contributed by atoms with Crippen LogP contribution in [0.1, 0.15) is 42.5 Å². The van der Waals surface area contributed by atoms with Crippen LogP contribution >= 0.6 is 0 Å². The minimum absolute atomic E-state index is 1.18. The van der Waals surface area contributed by atoms with Crippen LogP contribution in [0.25, 0.3) is 16.5 Å². The van der Waals surface area contributed by atoms with Crippen molar-refractivity contribution in [2.45, 2.75) is 38.5 Å². The summed E-state index contributed by atoms with van der Waals surface area (Å²) in [7, 11) is 2.23. The molecule has 2 aliphatic carbocycles. The van der Waals surface area contributed by atoms with Crippen LogP contribution in [0.3, 0.4) is 0 Å². The second kappa shape index (κ2) is 4.66. The smallest absolute Gasteiger partial charge is 0.0483 e. The second-order valence-corrected chi connectivity index (χ2v) is 6.06. The average molecular weight is 263 g/mol. The van der Waals surface area contributed by atoms with Crippen LogP contribution in [0, 0.1) is 0 Å². The molecule has 1 heteroatoms. The van der Waals surface area contributed by atoms with Gasteiger partial charge in [-0.1, -0.05) is 24.3 Å². The van der Waals surface area contributed by atoms with Crippen molar-refractivity contribution in [2.24, 2.45) is 7.05 Å². The van der Waals surface area contributed by atoms with Crippen LogP contribution in [0.2, 0.25) is 0 Å². The number of aromatic nitrogens is 1. The summed E-state index contributed by atoms with van der Waals surface area (Å²) in [4.78, 5) is 0. The molecule has 102 valence electrons. The van der Waals surface area contributed by atoms with Crippen molar-refractivity contribution in [2.75, 3.05) is 0 Å². The Kier molecular flexibility index (Phi) is 2.80. The van der Waals surface area contributed by atoms with Crippen molar-refractivity contribution < 1.29 is 0 Å². The molecule has 0 atom stereocenters. The first kappa shape index (κ1) is 12.0. The predicted molar refractivity (Wildman–Crippen MR) is 85.9 cm³/mol. The van der Waals surface area contributed by atoms with Crippen molar-refractivity contribution in [1.82, 2.24) is 4.57 Å². The first-order valence-electron chi connectivity index (χ1n) is 7.82. The molecule has 4 rings (SSSR count). The van der Waals surface area contributed by atoms with Gasteiger partial charge in [0.15, 0.2) is 0 Å². The van der Waals surface area contributed by atoms with E-state index in [0.717, 1.165) is 0 Å². The van der Waals surface area contributed by atoms with Crippen LogP contribution < -0.4 is 0 Å². The molecule has 1 aromatic heterocycles. The molecule has 0 radical (unpaired) electrons. The van der Waals surface area contributed by atoms with E-state index in [4.69, 9.17) is 0 Å². The van der Waals surface area contributed by atoms with E-state index in [-0.39, 0.29) is 0 Å². The van der Waals surface area contributed by atoms with Crippen LogP contribution in [0.5, 0.6) is 0 Å². The number of nitrogens with zero attached hydrogens (tertiary/aromatic N) is 1. The Morgan fingerprint density at radius 2 is 1.95 bits per heavy atom. The van der Waals surface area contributed by atoms with Crippen molar-refractivity contribution in [3.8, 4) is 0 Å². The maximum Gasteiger partial charge on any atom is 0.0483 e. The molecule has 0 N–H and O–H groups in total. The lowest BCUT2D eigenvalue weighted by Crippen LogP contribution is -2.04. The maximum absolute atomic E-state index is 2.42. The van der Waals surface area contributed by atoms with E-state index in [1.165, 1.54) is 60.6 Å². The summed E-state index contributed by atoms with van der Waals surface area (Å²) < 4.78 is 2.42. The zero-order valence-electron chi connectivity index (χ0n) is 12.2. The lowest BCUT2D eigenvalue weighted by molar-refractivity contribution is 0.653. The Balaban J connectivity index is 1.91. The summed E-state index contributed by atoms with van der Waals surface area (Å²) in [6, 6.07) is 7.02. The molecule has 1 nitrogen and oxygen atoms in total. The first-order valence-corrected chi connectivity index (χ1v) is 7.82. The summed E-state index contributed by atoms with van der Waals surface area (Å²) in [5.74, 6) is 0. The fourth-order valence-electron chi connectivity index (χ4n) is 3.77. The largest absolute Gasteiger partial charge is 0.347 e. The summed E-state index contributed by atoms with van der Waals surface area (Å²) in [5, 5.41) is 1.49. The second-order valence-electron chi connectivity index (χ2n) is 6.06. The van der Waals surface area contributed by atoms with Crippen LogP contribution in [-0.2, 0) is 19.9 Å². The SMILES string of the molecule is Cn1c2c(c3cc(C4=CCCC=C4)ccc31)CCCC2. The molecule has 1 heterocycles. The van der Waals surface area contributed by atoms with Crippen molar-refractivity contribution in [3.05, 3.63) is 53.2 Å². The maximum atomic E-state index is 2.42. The number of rotatable bonds is 1. The van der Waals surface area contributed by atoms with Crippen LogP contribution in [-0.4, -0.2) is 4.57 Å². The molecule has 20 heavy (non-hydrogen) atoms. The van der Waals surface area contributed by atoms with Gasteiger partial charge in [0.2, 0.25) is 0 Å². The minimum Gasteiger partial charge on any atom is -0.347 e.